The quantitative estimate of drug-likeness (QED) is 0.464. The molecule has 1 aromatic rings. The number of nitrogens with zero attached hydrogens (tertiary/aromatic N) is 1. The third-order valence-corrected chi connectivity index (χ3v) is 8.32. The summed E-state index contributed by atoms with van der Waals surface area (Å²) in [7, 11) is 4.21. The van der Waals surface area contributed by atoms with E-state index < -0.39 is 0 Å². The molecule has 4 rings (SSSR count). The Balaban J connectivity index is 1.52. The first kappa shape index (κ1) is 20.2. The molecule has 0 heterocycles. The van der Waals surface area contributed by atoms with E-state index in [1.165, 1.54) is 38.5 Å². The van der Waals surface area contributed by atoms with Crippen molar-refractivity contribution in [2.45, 2.75) is 58.3 Å². The Bertz CT molecular complexity index is 708. The number of benzene rings is 1. The van der Waals surface area contributed by atoms with E-state index in [1.54, 1.807) is 16.7 Å². The Labute approximate surface area is 172 Å². The largest absolute Gasteiger partial charge is 0.376 e. The van der Waals surface area contributed by atoms with Gasteiger partial charge in [-0.1, -0.05) is 56.2 Å². The number of fused-ring (bicyclic) bond motifs is 5. The van der Waals surface area contributed by atoms with Crippen LogP contribution >= 0.6 is 0 Å². The van der Waals surface area contributed by atoms with E-state index in [9.17, 15) is 0 Å². The van der Waals surface area contributed by atoms with Gasteiger partial charge < -0.3 is 9.64 Å². The number of rotatable bonds is 6. The number of hydrogen-bond donors (Lipinski definition) is 0. The number of allylic oxidation sites excluding steroid dienone is 1. The van der Waals surface area contributed by atoms with Crippen LogP contribution in [0.5, 0.6) is 0 Å². The van der Waals surface area contributed by atoms with Crippen molar-refractivity contribution in [3.8, 4) is 0 Å². The molecule has 0 spiro atoms. The summed E-state index contributed by atoms with van der Waals surface area (Å²) in [4.78, 5) is 2.19. The molecule has 2 nitrogen and oxygen atoms in total. The highest BCUT2D eigenvalue weighted by molar-refractivity contribution is 5.37. The smallest absolute Gasteiger partial charge is 0.0650 e. The predicted molar refractivity (Wildman–Crippen MR) is 118 cm³/mol. The van der Waals surface area contributed by atoms with Crippen LogP contribution < -0.4 is 0 Å². The van der Waals surface area contributed by atoms with Crippen molar-refractivity contribution in [1.82, 2.24) is 4.90 Å². The van der Waals surface area contributed by atoms with E-state index in [4.69, 9.17) is 4.74 Å². The SMILES string of the molecule is CCC1Cc2ccccc2C2CCC3(C)/C(=C/COCCN(C)C)CCC3C12. The zero-order valence-corrected chi connectivity index (χ0v) is 18.4. The van der Waals surface area contributed by atoms with Crippen molar-refractivity contribution < 1.29 is 4.74 Å². The maximum Gasteiger partial charge on any atom is 0.0650 e. The van der Waals surface area contributed by atoms with Crippen LogP contribution in [0, 0.1) is 23.2 Å². The topological polar surface area (TPSA) is 12.5 Å². The average molecular weight is 382 g/mol. The van der Waals surface area contributed by atoms with Crippen LogP contribution in [0.4, 0.5) is 0 Å². The Morgan fingerprint density at radius 3 is 2.82 bits per heavy atom. The Morgan fingerprint density at radius 1 is 1.21 bits per heavy atom. The lowest BCUT2D eigenvalue weighted by Gasteiger charge is -2.52. The molecule has 2 heteroatoms. The summed E-state index contributed by atoms with van der Waals surface area (Å²) in [6.07, 6.45) is 10.5. The molecule has 3 aliphatic rings. The van der Waals surface area contributed by atoms with Crippen molar-refractivity contribution in [1.29, 1.82) is 0 Å². The van der Waals surface area contributed by atoms with Gasteiger partial charge in [-0.2, -0.15) is 0 Å². The number of likely N-dealkylation sites (N-methyl/N-ethyl adjacent to an activating group) is 1. The van der Waals surface area contributed by atoms with Crippen LogP contribution in [-0.4, -0.2) is 38.8 Å². The Morgan fingerprint density at radius 2 is 2.04 bits per heavy atom. The van der Waals surface area contributed by atoms with Gasteiger partial charge in [0.15, 0.2) is 0 Å². The molecule has 0 aliphatic heterocycles. The summed E-state index contributed by atoms with van der Waals surface area (Å²) in [5.41, 5.74) is 5.44. The van der Waals surface area contributed by atoms with Crippen molar-refractivity contribution >= 4 is 0 Å². The summed E-state index contributed by atoms with van der Waals surface area (Å²) < 4.78 is 5.91. The normalized spacial score (nSPS) is 35.7. The van der Waals surface area contributed by atoms with Crippen LogP contribution in [0.3, 0.4) is 0 Å². The molecule has 28 heavy (non-hydrogen) atoms. The zero-order chi connectivity index (χ0) is 19.7. The van der Waals surface area contributed by atoms with E-state index in [0.717, 1.165) is 43.4 Å². The molecule has 0 bridgehead atoms. The lowest BCUT2D eigenvalue weighted by Crippen LogP contribution is -2.44. The van der Waals surface area contributed by atoms with E-state index in [1.807, 2.05) is 0 Å². The lowest BCUT2D eigenvalue weighted by molar-refractivity contribution is 0.0409. The van der Waals surface area contributed by atoms with Gasteiger partial charge in [0.25, 0.3) is 0 Å². The van der Waals surface area contributed by atoms with Crippen molar-refractivity contribution in [3.63, 3.8) is 0 Å². The van der Waals surface area contributed by atoms with Gasteiger partial charge in [-0.15, -0.1) is 0 Å². The van der Waals surface area contributed by atoms with Gasteiger partial charge in [-0.05, 0) is 86.4 Å². The molecule has 0 amide bonds. The van der Waals surface area contributed by atoms with Crippen LogP contribution in [0.15, 0.2) is 35.9 Å². The highest BCUT2D eigenvalue weighted by Gasteiger charge is 2.54. The Kier molecular flexibility index (Phi) is 5.99. The second kappa shape index (κ2) is 8.32. The maximum atomic E-state index is 5.91. The van der Waals surface area contributed by atoms with Gasteiger partial charge in [-0.3, -0.25) is 0 Å². The minimum Gasteiger partial charge on any atom is -0.376 e. The van der Waals surface area contributed by atoms with Crippen molar-refractivity contribution in [2.75, 3.05) is 33.9 Å². The van der Waals surface area contributed by atoms with Gasteiger partial charge in [0.1, 0.15) is 0 Å². The molecule has 2 saturated carbocycles. The van der Waals surface area contributed by atoms with Crippen LogP contribution in [-0.2, 0) is 11.2 Å². The van der Waals surface area contributed by atoms with Crippen molar-refractivity contribution in [2.24, 2.45) is 23.2 Å². The van der Waals surface area contributed by atoms with E-state index in [2.05, 4.69) is 63.2 Å². The molecule has 0 aromatic heterocycles. The molecule has 1 aromatic carbocycles. The standard InChI is InChI=1S/C26H39NO/c1-5-19-18-20-8-6-7-9-22(20)23-12-14-26(2)21(10-11-24(26)25(19)23)13-16-28-17-15-27(3)4/h6-9,13,19,23-25H,5,10-12,14-18H2,1-4H3/b21-13+. The molecule has 3 aliphatic carbocycles. The number of hydrogen-bond acceptors (Lipinski definition) is 2. The Hall–Kier alpha value is -1.12. The van der Waals surface area contributed by atoms with Gasteiger partial charge in [0, 0.05) is 6.54 Å². The maximum absolute atomic E-state index is 5.91. The van der Waals surface area contributed by atoms with Crippen molar-refractivity contribution in [3.05, 3.63) is 47.0 Å². The van der Waals surface area contributed by atoms with E-state index in [-0.39, 0.29) is 0 Å². The first-order valence-electron chi connectivity index (χ1n) is 11.5. The van der Waals surface area contributed by atoms with Gasteiger partial charge in [0.05, 0.1) is 13.2 Å². The highest BCUT2D eigenvalue weighted by Crippen LogP contribution is 2.64. The third-order valence-electron chi connectivity index (χ3n) is 8.32. The zero-order valence-electron chi connectivity index (χ0n) is 18.4. The predicted octanol–water partition coefficient (Wildman–Crippen LogP) is 5.68. The van der Waals surface area contributed by atoms with Gasteiger partial charge >= 0.3 is 0 Å². The second-order valence-electron chi connectivity index (χ2n) is 9.96. The summed E-state index contributed by atoms with van der Waals surface area (Å²) in [5.74, 6) is 3.39. The van der Waals surface area contributed by atoms with E-state index in [0.29, 0.717) is 5.41 Å². The first-order valence-corrected chi connectivity index (χ1v) is 11.5. The fourth-order valence-electron chi connectivity index (χ4n) is 6.81. The van der Waals surface area contributed by atoms with Crippen LogP contribution in [0.2, 0.25) is 0 Å². The average Bonchev–Trinajstić information content (AvgIpc) is 3.03. The molecule has 5 atom stereocenters. The molecular weight excluding hydrogens is 342 g/mol. The minimum atomic E-state index is 0.409. The molecular formula is C26H39NO. The second-order valence-corrected chi connectivity index (χ2v) is 9.96. The summed E-state index contributed by atoms with van der Waals surface area (Å²) in [6, 6.07) is 9.34. The molecule has 2 fully saturated rings. The molecule has 5 unspecified atom stereocenters. The monoisotopic (exact) mass is 381 g/mol. The van der Waals surface area contributed by atoms with Crippen LogP contribution in [0.25, 0.3) is 0 Å². The lowest BCUT2D eigenvalue weighted by atomic mass is 9.52. The summed E-state index contributed by atoms with van der Waals surface area (Å²) >= 11 is 0. The van der Waals surface area contributed by atoms with Crippen LogP contribution in [0.1, 0.15) is 63.0 Å². The fourth-order valence-corrected chi connectivity index (χ4v) is 6.81. The molecule has 0 radical (unpaired) electrons. The fraction of sp³-hybridized carbons (Fsp3) is 0.692. The molecule has 154 valence electrons. The highest BCUT2D eigenvalue weighted by atomic mass is 16.5. The summed E-state index contributed by atoms with van der Waals surface area (Å²) in [6.45, 7) is 7.63. The van der Waals surface area contributed by atoms with Gasteiger partial charge in [0.2, 0.25) is 0 Å². The number of ether oxygens (including phenoxy) is 1. The molecule has 0 N–H and O–H groups in total. The van der Waals surface area contributed by atoms with E-state index >= 15 is 0 Å². The minimum absolute atomic E-state index is 0.409. The summed E-state index contributed by atoms with van der Waals surface area (Å²) in [5, 5.41) is 0. The third kappa shape index (κ3) is 3.59. The molecule has 0 saturated heterocycles. The first-order chi connectivity index (χ1) is 13.5. The van der Waals surface area contributed by atoms with Gasteiger partial charge in [-0.25, -0.2) is 0 Å².